The van der Waals surface area contributed by atoms with E-state index in [9.17, 15) is 0 Å². The fourth-order valence-corrected chi connectivity index (χ4v) is 8.25. The minimum absolute atomic E-state index is 1.21. The molecule has 0 heteroatoms. The first kappa shape index (κ1) is 26.9. The maximum Gasteiger partial charge on any atom is -0.000763 e. The largest absolute Gasteiger partial charge is 0.0622 e. The van der Waals surface area contributed by atoms with Crippen molar-refractivity contribution in [2.24, 2.45) is 0 Å². The molecule has 0 aliphatic heterocycles. The van der Waals surface area contributed by atoms with Crippen LogP contribution >= 0.6 is 0 Å². The third-order valence-electron chi connectivity index (χ3n) is 10.2. The predicted molar refractivity (Wildman–Crippen MR) is 205 cm³/mol. The van der Waals surface area contributed by atoms with E-state index in [2.05, 4.69) is 182 Å². The molecule has 0 fully saturated rings. The maximum absolute atomic E-state index is 2.40. The highest BCUT2D eigenvalue weighted by molar-refractivity contribution is 6.27. The van der Waals surface area contributed by atoms with Crippen LogP contribution in [0.2, 0.25) is 0 Å². The first-order chi connectivity index (χ1) is 23.9. The molecule has 0 heterocycles. The van der Waals surface area contributed by atoms with Gasteiger partial charge in [0.25, 0.3) is 0 Å². The molecule has 0 aromatic heterocycles. The van der Waals surface area contributed by atoms with Gasteiger partial charge in [0.15, 0.2) is 0 Å². The maximum atomic E-state index is 2.40. The molecule has 0 N–H and O–H groups in total. The number of rotatable bonds is 4. The van der Waals surface area contributed by atoms with Crippen LogP contribution in [0.4, 0.5) is 0 Å². The fraction of sp³-hybridized carbons (Fsp3) is 0. The summed E-state index contributed by atoms with van der Waals surface area (Å²) in [5, 5.41) is 7.70. The zero-order valence-corrected chi connectivity index (χ0v) is 26.3. The van der Waals surface area contributed by atoms with E-state index in [1.165, 1.54) is 99.1 Å². The van der Waals surface area contributed by atoms with Crippen LogP contribution in [0.5, 0.6) is 0 Å². The van der Waals surface area contributed by atoms with E-state index in [-0.39, 0.29) is 0 Å². The molecular weight excluding hydrogens is 577 g/mol. The van der Waals surface area contributed by atoms with E-state index in [1.807, 2.05) is 0 Å². The Bertz CT molecular complexity index is 2680. The van der Waals surface area contributed by atoms with Crippen molar-refractivity contribution in [3.05, 3.63) is 182 Å². The summed E-state index contributed by atoms with van der Waals surface area (Å²) in [7, 11) is 0. The Labute approximate surface area is 280 Å². The van der Waals surface area contributed by atoms with E-state index in [1.54, 1.807) is 0 Å². The minimum Gasteiger partial charge on any atom is -0.0622 e. The molecule has 0 radical (unpaired) electrons. The van der Waals surface area contributed by atoms with Crippen molar-refractivity contribution >= 4 is 32.3 Å². The molecule has 0 saturated carbocycles. The highest BCUT2D eigenvalue weighted by Crippen LogP contribution is 2.58. The average Bonchev–Trinajstić information content (AvgIpc) is 3.51. The highest BCUT2D eigenvalue weighted by Gasteiger charge is 2.30. The van der Waals surface area contributed by atoms with Crippen molar-refractivity contribution in [3.63, 3.8) is 0 Å². The predicted octanol–water partition coefficient (Wildman–Crippen LogP) is 13.5. The Morgan fingerprint density at radius 2 is 0.688 bits per heavy atom. The Kier molecular flexibility index (Phi) is 5.98. The molecule has 9 aromatic rings. The lowest BCUT2D eigenvalue weighted by Crippen LogP contribution is -1.98. The number of hydrogen-bond donors (Lipinski definition) is 0. The molecule has 0 nitrogen and oxygen atoms in total. The number of fused-ring (bicyclic) bond motifs is 6. The van der Waals surface area contributed by atoms with Gasteiger partial charge in [0, 0.05) is 0 Å². The lowest BCUT2D eigenvalue weighted by Gasteiger charge is -2.25. The van der Waals surface area contributed by atoms with Gasteiger partial charge in [0.2, 0.25) is 0 Å². The summed E-state index contributed by atoms with van der Waals surface area (Å²) in [5.74, 6) is 0. The molecule has 48 heavy (non-hydrogen) atoms. The van der Waals surface area contributed by atoms with E-state index in [4.69, 9.17) is 0 Å². The van der Waals surface area contributed by atoms with Crippen molar-refractivity contribution in [2.75, 3.05) is 0 Å². The summed E-state index contributed by atoms with van der Waals surface area (Å²) in [4.78, 5) is 0. The third kappa shape index (κ3) is 3.90. The van der Waals surface area contributed by atoms with Gasteiger partial charge in [0.05, 0.1) is 0 Å². The molecule has 0 unspecified atom stereocenters. The summed E-state index contributed by atoms with van der Waals surface area (Å²) in [6.45, 7) is 0. The second-order valence-corrected chi connectivity index (χ2v) is 12.7. The van der Waals surface area contributed by atoms with Crippen LogP contribution in [-0.2, 0) is 0 Å². The summed E-state index contributed by atoms with van der Waals surface area (Å²) in [6, 6.07) is 67.0. The van der Waals surface area contributed by atoms with E-state index in [0.717, 1.165) is 0 Å². The van der Waals surface area contributed by atoms with Gasteiger partial charge in [-0.1, -0.05) is 182 Å². The molecule has 0 amide bonds. The normalized spacial score (nSPS) is 11.8. The van der Waals surface area contributed by atoms with Crippen molar-refractivity contribution in [2.45, 2.75) is 0 Å². The van der Waals surface area contributed by atoms with E-state index < -0.39 is 0 Å². The molecule has 9 aromatic carbocycles. The molecule has 1 aliphatic carbocycles. The summed E-state index contributed by atoms with van der Waals surface area (Å²) in [6.07, 6.45) is 0. The molecule has 222 valence electrons. The summed E-state index contributed by atoms with van der Waals surface area (Å²) < 4.78 is 0. The standard InChI is InChI=1S/C48H30/c1-4-16-32(17-5-1)42-37-24-12-13-25-38(37)43(33-18-6-2-7-19-33)47(45(42)34-20-8-3-9-21-34)41-30-28-35-22-14-26-39-40-29-27-31-15-10-11-23-36(31)46(40)48(41)44(35)39/h1-30H. The van der Waals surface area contributed by atoms with Gasteiger partial charge in [-0.25, -0.2) is 0 Å². The monoisotopic (exact) mass is 606 g/mol. The van der Waals surface area contributed by atoms with E-state index in [0.29, 0.717) is 0 Å². The van der Waals surface area contributed by atoms with Crippen LogP contribution in [0.3, 0.4) is 0 Å². The van der Waals surface area contributed by atoms with E-state index >= 15 is 0 Å². The molecule has 10 rings (SSSR count). The van der Waals surface area contributed by atoms with Gasteiger partial charge in [-0.2, -0.15) is 0 Å². The Morgan fingerprint density at radius 1 is 0.208 bits per heavy atom. The second-order valence-electron chi connectivity index (χ2n) is 12.7. The quantitative estimate of drug-likeness (QED) is 0.187. The van der Waals surface area contributed by atoms with Crippen LogP contribution in [0.1, 0.15) is 0 Å². The molecule has 0 atom stereocenters. The molecule has 0 bridgehead atoms. The molecule has 0 spiro atoms. The van der Waals surface area contributed by atoms with Crippen molar-refractivity contribution in [3.8, 4) is 66.8 Å². The van der Waals surface area contributed by atoms with Gasteiger partial charge >= 0.3 is 0 Å². The van der Waals surface area contributed by atoms with Crippen LogP contribution < -0.4 is 0 Å². The second kappa shape index (κ2) is 10.7. The van der Waals surface area contributed by atoms with Crippen molar-refractivity contribution in [1.82, 2.24) is 0 Å². The Morgan fingerprint density at radius 3 is 1.33 bits per heavy atom. The van der Waals surface area contributed by atoms with Crippen LogP contribution in [0.25, 0.3) is 99.1 Å². The van der Waals surface area contributed by atoms with Gasteiger partial charge in [0.1, 0.15) is 0 Å². The minimum atomic E-state index is 1.21. The van der Waals surface area contributed by atoms with Crippen molar-refractivity contribution < 1.29 is 0 Å². The summed E-state index contributed by atoms with van der Waals surface area (Å²) in [5.41, 5.74) is 15.3. The zero-order valence-electron chi connectivity index (χ0n) is 26.3. The lowest BCUT2D eigenvalue weighted by atomic mass is 9.77. The van der Waals surface area contributed by atoms with Gasteiger partial charge < -0.3 is 0 Å². The topological polar surface area (TPSA) is 0 Å². The zero-order chi connectivity index (χ0) is 31.6. The Balaban J connectivity index is 1.48. The van der Waals surface area contributed by atoms with Crippen LogP contribution in [-0.4, -0.2) is 0 Å². The molecular formula is C48H30. The number of hydrogen-bond acceptors (Lipinski definition) is 0. The first-order valence-corrected chi connectivity index (χ1v) is 16.7. The highest BCUT2D eigenvalue weighted by atomic mass is 14.3. The fourth-order valence-electron chi connectivity index (χ4n) is 8.25. The first-order valence-electron chi connectivity index (χ1n) is 16.7. The molecule has 0 saturated heterocycles. The number of benzene rings is 9. The SMILES string of the molecule is c1ccc(-c2c(-c3ccc4cccc5c4c3-c3c-5ccc4ccccc34)c(-c3ccccc3)c3ccccc3c2-c2ccccc2)cc1. The Hall–Kier alpha value is -6.24. The molecule has 1 aliphatic rings. The third-order valence-corrected chi connectivity index (χ3v) is 10.2. The lowest BCUT2D eigenvalue weighted by molar-refractivity contribution is 1.58. The van der Waals surface area contributed by atoms with Gasteiger partial charge in [-0.05, 0) is 99.1 Å². The summed E-state index contributed by atoms with van der Waals surface area (Å²) >= 11 is 0. The van der Waals surface area contributed by atoms with Crippen LogP contribution in [0.15, 0.2) is 182 Å². The smallest absolute Gasteiger partial charge is 0.000763 e. The van der Waals surface area contributed by atoms with Crippen LogP contribution in [0, 0.1) is 0 Å². The average molecular weight is 607 g/mol. The van der Waals surface area contributed by atoms with Gasteiger partial charge in [-0.3, -0.25) is 0 Å². The van der Waals surface area contributed by atoms with Crippen molar-refractivity contribution in [1.29, 1.82) is 0 Å². The van der Waals surface area contributed by atoms with Gasteiger partial charge in [-0.15, -0.1) is 0 Å².